The van der Waals surface area contributed by atoms with E-state index in [-0.39, 0.29) is 0 Å². The van der Waals surface area contributed by atoms with Crippen LogP contribution in [0, 0.1) is 0 Å². The minimum absolute atomic E-state index is 0.525. The second-order valence-electron chi connectivity index (χ2n) is 5.36. The van der Waals surface area contributed by atoms with Gasteiger partial charge in [-0.1, -0.05) is 27.7 Å². The van der Waals surface area contributed by atoms with Crippen molar-refractivity contribution in [3.05, 3.63) is 0 Å². The smallest absolute Gasteiger partial charge is 0.121 e. The first-order valence-electron chi connectivity index (χ1n) is 6.16. The molecule has 1 saturated heterocycles. The first-order valence-corrected chi connectivity index (χ1v) is 8.60. The van der Waals surface area contributed by atoms with E-state index in [1.165, 1.54) is 12.8 Å². The van der Waals surface area contributed by atoms with E-state index in [1.54, 1.807) is 0 Å². The molecule has 0 aliphatic carbocycles. The summed E-state index contributed by atoms with van der Waals surface area (Å²) in [4.78, 5) is 0. The van der Waals surface area contributed by atoms with Gasteiger partial charge >= 0.3 is 0 Å². The third-order valence-electron chi connectivity index (χ3n) is 4.07. The molecule has 2 nitrogen and oxygen atoms in total. The molecule has 3 heteroatoms. The Morgan fingerprint density at radius 1 is 1.27 bits per heavy atom. The minimum atomic E-state index is -1.46. The van der Waals surface area contributed by atoms with Gasteiger partial charge in [-0.25, -0.2) is 0 Å². The largest absolute Gasteiger partial charge is 0.388 e. The maximum absolute atomic E-state index is 5.98. The predicted octanol–water partition coefficient (Wildman–Crippen LogP) is 3.16. The van der Waals surface area contributed by atoms with Crippen LogP contribution in [-0.4, -0.2) is 33.7 Å². The van der Waals surface area contributed by atoms with Crippen molar-refractivity contribution in [2.75, 3.05) is 19.9 Å². The fraction of sp³-hybridized carbons (Fsp3) is 1.00. The standard InChI is InChI=1S/C12H26O2Si/c1-10(2)15(9-13-5,11(3)4)12-7-6-8-14-12/h10-12H,6-9H2,1-5H3. The Kier molecular flexibility index (Phi) is 4.81. The number of rotatable bonds is 5. The summed E-state index contributed by atoms with van der Waals surface area (Å²) in [6.45, 7) is 10.4. The van der Waals surface area contributed by atoms with Crippen LogP contribution in [0.4, 0.5) is 0 Å². The molecular formula is C12H26O2Si. The van der Waals surface area contributed by atoms with Crippen LogP contribution in [-0.2, 0) is 9.47 Å². The molecule has 0 N–H and O–H groups in total. The summed E-state index contributed by atoms with van der Waals surface area (Å²) in [5.41, 5.74) is 2.00. The van der Waals surface area contributed by atoms with E-state index in [1.807, 2.05) is 7.11 Å². The average molecular weight is 230 g/mol. The van der Waals surface area contributed by atoms with Crippen molar-refractivity contribution in [1.29, 1.82) is 0 Å². The molecule has 1 aliphatic rings. The zero-order valence-corrected chi connectivity index (χ0v) is 11.9. The van der Waals surface area contributed by atoms with Crippen molar-refractivity contribution in [3.8, 4) is 0 Å². The van der Waals surface area contributed by atoms with Gasteiger partial charge in [0, 0.05) is 19.9 Å². The highest BCUT2D eigenvalue weighted by atomic mass is 28.3. The van der Waals surface area contributed by atoms with E-state index >= 15 is 0 Å². The van der Waals surface area contributed by atoms with Crippen molar-refractivity contribution >= 4 is 8.07 Å². The van der Waals surface area contributed by atoms with E-state index in [4.69, 9.17) is 9.47 Å². The third-order valence-corrected chi connectivity index (χ3v) is 10.8. The van der Waals surface area contributed by atoms with E-state index in [9.17, 15) is 0 Å². The van der Waals surface area contributed by atoms with Gasteiger partial charge in [-0.15, -0.1) is 0 Å². The van der Waals surface area contributed by atoms with Crippen LogP contribution in [0.15, 0.2) is 0 Å². The van der Waals surface area contributed by atoms with Gasteiger partial charge in [0.15, 0.2) is 0 Å². The summed E-state index contributed by atoms with van der Waals surface area (Å²) < 4.78 is 11.5. The molecule has 15 heavy (non-hydrogen) atoms. The van der Waals surface area contributed by atoms with Crippen molar-refractivity contribution in [2.45, 2.75) is 57.3 Å². The van der Waals surface area contributed by atoms with E-state index in [0.717, 1.165) is 23.9 Å². The number of methoxy groups -OCH3 is 1. The fourth-order valence-corrected chi connectivity index (χ4v) is 8.43. The van der Waals surface area contributed by atoms with Gasteiger partial charge in [0.1, 0.15) is 8.07 Å². The maximum Gasteiger partial charge on any atom is 0.121 e. The predicted molar refractivity (Wildman–Crippen MR) is 66.8 cm³/mol. The molecule has 1 rings (SSSR count). The topological polar surface area (TPSA) is 18.5 Å². The van der Waals surface area contributed by atoms with Gasteiger partial charge in [-0.05, 0) is 23.9 Å². The lowest BCUT2D eigenvalue weighted by molar-refractivity contribution is 0.145. The Bertz CT molecular complexity index is 178. The van der Waals surface area contributed by atoms with Crippen LogP contribution < -0.4 is 0 Å². The lowest BCUT2D eigenvalue weighted by Gasteiger charge is -2.42. The van der Waals surface area contributed by atoms with Crippen molar-refractivity contribution in [1.82, 2.24) is 0 Å². The molecule has 0 aromatic heterocycles. The average Bonchev–Trinajstić information content (AvgIpc) is 2.65. The molecule has 0 aromatic rings. The molecular weight excluding hydrogens is 204 g/mol. The van der Waals surface area contributed by atoms with E-state index < -0.39 is 8.07 Å². The lowest BCUT2D eigenvalue weighted by Crippen LogP contribution is -2.56. The van der Waals surface area contributed by atoms with Gasteiger partial charge in [0.2, 0.25) is 0 Å². The van der Waals surface area contributed by atoms with Crippen LogP contribution in [0.3, 0.4) is 0 Å². The fourth-order valence-electron chi connectivity index (χ4n) is 3.09. The molecule has 1 aliphatic heterocycles. The van der Waals surface area contributed by atoms with Gasteiger partial charge in [-0.3, -0.25) is 0 Å². The third kappa shape index (κ3) is 2.45. The molecule has 0 amide bonds. The van der Waals surface area contributed by atoms with E-state index in [0.29, 0.717) is 5.73 Å². The monoisotopic (exact) mass is 230 g/mol. The van der Waals surface area contributed by atoms with Gasteiger partial charge in [0.05, 0.1) is 5.73 Å². The Morgan fingerprint density at radius 3 is 2.20 bits per heavy atom. The Hall–Kier alpha value is 0.137. The number of hydrogen-bond donors (Lipinski definition) is 0. The minimum Gasteiger partial charge on any atom is -0.388 e. The zero-order valence-electron chi connectivity index (χ0n) is 10.9. The highest BCUT2D eigenvalue weighted by Crippen LogP contribution is 2.40. The quantitative estimate of drug-likeness (QED) is 0.676. The molecule has 90 valence electrons. The van der Waals surface area contributed by atoms with Crippen molar-refractivity contribution in [3.63, 3.8) is 0 Å². The highest BCUT2D eigenvalue weighted by Gasteiger charge is 2.48. The molecule has 1 heterocycles. The summed E-state index contributed by atoms with van der Waals surface area (Å²) in [6.07, 6.45) is 3.45. The zero-order chi connectivity index (χ0) is 11.5. The highest BCUT2D eigenvalue weighted by molar-refractivity contribution is 6.83. The molecule has 0 spiro atoms. The summed E-state index contributed by atoms with van der Waals surface area (Å²) in [6, 6.07) is 0. The normalized spacial score (nSPS) is 23.0. The Labute approximate surface area is 95.4 Å². The van der Waals surface area contributed by atoms with Gasteiger partial charge in [-0.2, -0.15) is 0 Å². The molecule has 0 radical (unpaired) electrons. The lowest BCUT2D eigenvalue weighted by atomic mass is 10.4. The van der Waals surface area contributed by atoms with Crippen LogP contribution in [0.1, 0.15) is 40.5 Å². The Balaban J connectivity index is 2.89. The summed E-state index contributed by atoms with van der Waals surface area (Å²) in [7, 11) is 0.373. The number of hydrogen-bond acceptors (Lipinski definition) is 2. The SMILES string of the molecule is COC[Si](C(C)C)(C(C)C)C1CCCO1. The molecule has 0 bridgehead atoms. The molecule has 1 unspecified atom stereocenters. The van der Waals surface area contributed by atoms with Gasteiger partial charge in [0.25, 0.3) is 0 Å². The number of ether oxygens (including phenoxy) is 2. The second-order valence-corrected chi connectivity index (χ2v) is 10.8. The maximum atomic E-state index is 5.98. The molecule has 1 atom stereocenters. The summed E-state index contributed by atoms with van der Waals surface area (Å²) in [5, 5.41) is 0. The summed E-state index contributed by atoms with van der Waals surface area (Å²) >= 11 is 0. The molecule has 0 aromatic carbocycles. The molecule has 1 fully saturated rings. The molecule has 0 saturated carbocycles. The van der Waals surface area contributed by atoms with Crippen LogP contribution in [0.2, 0.25) is 11.1 Å². The first kappa shape index (κ1) is 13.2. The van der Waals surface area contributed by atoms with Crippen LogP contribution in [0.25, 0.3) is 0 Å². The second kappa shape index (κ2) is 5.46. The van der Waals surface area contributed by atoms with Crippen molar-refractivity contribution < 1.29 is 9.47 Å². The van der Waals surface area contributed by atoms with Crippen LogP contribution >= 0.6 is 0 Å². The van der Waals surface area contributed by atoms with E-state index in [2.05, 4.69) is 27.7 Å². The van der Waals surface area contributed by atoms with Gasteiger partial charge < -0.3 is 9.47 Å². The van der Waals surface area contributed by atoms with Crippen LogP contribution in [0.5, 0.6) is 0 Å². The first-order chi connectivity index (χ1) is 7.05. The van der Waals surface area contributed by atoms with Crippen molar-refractivity contribution in [2.24, 2.45) is 0 Å². The summed E-state index contributed by atoms with van der Waals surface area (Å²) in [5.74, 6) is 0. The Morgan fingerprint density at radius 2 is 1.87 bits per heavy atom.